The summed E-state index contributed by atoms with van der Waals surface area (Å²) >= 11 is 6.53. The summed E-state index contributed by atoms with van der Waals surface area (Å²) in [6.07, 6.45) is 0.878. The van der Waals surface area contributed by atoms with Crippen LogP contribution in [0.15, 0.2) is 41.0 Å². The van der Waals surface area contributed by atoms with Gasteiger partial charge in [-0.05, 0) is 66.6 Å². The van der Waals surface area contributed by atoms with E-state index in [9.17, 15) is 9.59 Å². The minimum absolute atomic E-state index is 0.123. The van der Waals surface area contributed by atoms with Crippen LogP contribution >= 0.6 is 11.6 Å². The normalized spacial score (nSPS) is 13.9. The molecule has 0 aliphatic carbocycles. The van der Waals surface area contributed by atoms with Crippen LogP contribution < -0.4 is 0 Å². The number of rotatable bonds is 12. The Bertz CT molecular complexity index is 965. The first kappa shape index (κ1) is 38.5. The van der Waals surface area contributed by atoms with Crippen LogP contribution in [0, 0.1) is 0 Å². The topological polar surface area (TPSA) is 93.1 Å². The molecule has 0 fully saturated rings. The number of hydrogen-bond donors (Lipinski definition) is 0. The van der Waals surface area contributed by atoms with Crippen molar-refractivity contribution >= 4 is 38.4 Å². The standard InChI is InChI=1S/C29H53ClN4O6Si/c1-21(37-17-18-38-41(15,16)29(10,11)12)19-24(30)33(14)23(3)32(13)20-31-22(2)34(25(35)39-27(4,5)6)26(36)40-28(7,8)9/h19-20,23H,1-2,17-18H2,3-16H3/b24-19-,31-20?. The largest absolute Gasteiger partial charge is 0.492 e. The van der Waals surface area contributed by atoms with Crippen LogP contribution in [0.1, 0.15) is 69.2 Å². The minimum Gasteiger partial charge on any atom is -0.492 e. The Morgan fingerprint density at radius 2 is 1.39 bits per heavy atom. The van der Waals surface area contributed by atoms with Crippen molar-refractivity contribution in [3.8, 4) is 0 Å². The van der Waals surface area contributed by atoms with E-state index in [1.54, 1.807) is 71.5 Å². The zero-order valence-corrected chi connectivity index (χ0v) is 29.4. The van der Waals surface area contributed by atoms with E-state index in [4.69, 9.17) is 30.2 Å². The lowest BCUT2D eigenvalue weighted by atomic mass is 10.2. The van der Waals surface area contributed by atoms with Gasteiger partial charge in [-0.3, -0.25) is 0 Å². The van der Waals surface area contributed by atoms with Gasteiger partial charge in [-0.1, -0.05) is 45.5 Å². The van der Waals surface area contributed by atoms with E-state index >= 15 is 0 Å². The summed E-state index contributed by atoms with van der Waals surface area (Å²) < 4.78 is 22.6. The Hall–Kier alpha value is -2.50. The number of allylic oxidation sites excluding steroid dienone is 1. The summed E-state index contributed by atoms with van der Waals surface area (Å²) in [5.41, 5.74) is -1.69. The number of amides is 2. The molecule has 0 radical (unpaired) electrons. The van der Waals surface area contributed by atoms with Gasteiger partial charge in [-0.15, -0.1) is 0 Å². The van der Waals surface area contributed by atoms with Crippen LogP contribution in [0.2, 0.25) is 18.1 Å². The highest BCUT2D eigenvalue weighted by Gasteiger charge is 2.37. The van der Waals surface area contributed by atoms with Crippen LogP contribution in [0.4, 0.5) is 9.59 Å². The summed E-state index contributed by atoms with van der Waals surface area (Å²) in [6, 6.07) is 0. The Morgan fingerprint density at radius 3 is 1.80 bits per heavy atom. The van der Waals surface area contributed by atoms with Crippen LogP contribution in [0.3, 0.4) is 0 Å². The fourth-order valence-corrected chi connectivity index (χ4v) is 3.92. The van der Waals surface area contributed by atoms with E-state index in [0.29, 0.717) is 29.0 Å². The number of ether oxygens (including phenoxy) is 3. The minimum atomic E-state index is -1.85. The van der Waals surface area contributed by atoms with Gasteiger partial charge in [0.15, 0.2) is 8.32 Å². The number of nitrogens with zero attached hydrogens (tertiary/aromatic N) is 4. The maximum Gasteiger partial charge on any atom is 0.425 e. The van der Waals surface area contributed by atoms with Gasteiger partial charge in [0.2, 0.25) is 0 Å². The average molecular weight is 617 g/mol. The third-order valence-corrected chi connectivity index (χ3v) is 11.1. The molecule has 236 valence electrons. The molecular weight excluding hydrogens is 564 g/mol. The lowest BCUT2D eigenvalue weighted by Gasteiger charge is -2.36. The molecule has 0 rings (SSSR count). The van der Waals surface area contributed by atoms with Crippen LogP contribution in [0.5, 0.6) is 0 Å². The van der Waals surface area contributed by atoms with Crippen LogP contribution in [-0.4, -0.2) is 86.2 Å². The number of hydrogen-bond acceptors (Lipinski definition) is 8. The Morgan fingerprint density at radius 1 is 0.927 bits per heavy atom. The summed E-state index contributed by atoms with van der Waals surface area (Å²) in [6.45, 7) is 31.5. The Balaban J connectivity index is 5.35. The molecule has 0 saturated heterocycles. The quantitative estimate of drug-likeness (QED) is 0.0325. The Kier molecular flexibility index (Phi) is 14.2. The van der Waals surface area contributed by atoms with Gasteiger partial charge in [0.05, 0.1) is 19.1 Å². The molecule has 0 aliphatic rings. The first-order chi connectivity index (χ1) is 18.3. The fraction of sp³-hybridized carbons (Fsp3) is 0.690. The highest BCUT2D eigenvalue weighted by atomic mass is 35.5. The lowest BCUT2D eigenvalue weighted by molar-refractivity contribution is 0.00820. The fourth-order valence-electron chi connectivity index (χ4n) is 2.63. The van der Waals surface area contributed by atoms with Crippen molar-refractivity contribution in [3.63, 3.8) is 0 Å². The highest BCUT2D eigenvalue weighted by molar-refractivity contribution is 6.74. The summed E-state index contributed by atoms with van der Waals surface area (Å²) in [4.78, 5) is 34.0. The number of halogens is 1. The predicted octanol–water partition coefficient (Wildman–Crippen LogP) is 7.50. The van der Waals surface area contributed by atoms with Crippen molar-refractivity contribution in [1.82, 2.24) is 14.7 Å². The van der Waals surface area contributed by atoms with Crippen molar-refractivity contribution in [3.05, 3.63) is 36.0 Å². The van der Waals surface area contributed by atoms with Crippen molar-refractivity contribution in [1.29, 1.82) is 0 Å². The van der Waals surface area contributed by atoms with Gasteiger partial charge in [0.1, 0.15) is 34.5 Å². The van der Waals surface area contributed by atoms with Crippen molar-refractivity contribution in [2.75, 3.05) is 27.3 Å². The molecule has 10 nitrogen and oxygen atoms in total. The van der Waals surface area contributed by atoms with Gasteiger partial charge in [0, 0.05) is 20.2 Å². The smallest absolute Gasteiger partial charge is 0.425 e. The molecular formula is C29H53ClN4O6Si. The third kappa shape index (κ3) is 14.3. The monoisotopic (exact) mass is 616 g/mol. The molecule has 0 saturated carbocycles. The van der Waals surface area contributed by atoms with Crippen molar-refractivity contribution < 1.29 is 28.2 Å². The molecule has 0 bridgehead atoms. The molecule has 0 aliphatic heterocycles. The zero-order valence-electron chi connectivity index (χ0n) is 27.7. The van der Waals surface area contributed by atoms with Crippen molar-refractivity contribution in [2.45, 2.75) is 105 Å². The molecule has 2 amide bonds. The second-order valence-electron chi connectivity index (χ2n) is 13.3. The number of carbonyl (C=O) groups excluding carboxylic acids is 2. The average Bonchev–Trinajstić information content (AvgIpc) is 2.76. The van der Waals surface area contributed by atoms with Crippen LogP contribution in [-0.2, 0) is 18.6 Å². The summed E-state index contributed by atoms with van der Waals surface area (Å²) in [5.74, 6) is 0.237. The van der Waals surface area contributed by atoms with E-state index < -0.39 is 31.7 Å². The van der Waals surface area contributed by atoms with Gasteiger partial charge in [-0.2, -0.15) is 4.90 Å². The van der Waals surface area contributed by atoms with Gasteiger partial charge in [-0.25, -0.2) is 14.6 Å². The molecule has 0 aromatic carbocycles. The van der Waals surface area contributed by atoms with Crippen LogP contribution in [0.25, 0.3) is 0 Å². The molecule has 0 aromatic heterocycles. The third-order valence-electron chi connectivity index (χ3n) is 6.21. The maximum atomic E-state index is 12.8. The highest BCUT2D eigenvalue weighted by Crippen LogP contribution is 2.36. The molecule has 41 heavy (non-hydrogen) atoms. The van der Waals surface area contributed by atoms with Gasteiger partial charge in [0.25, 0.3) is 0 Å². The van der Waals surface area contributed by atoms with E-state index in [0.717, 1.165) is 0 Å². The van der Waals surface area contributed by atoms with Gasteiger partial charge < -0.3 is 28.4 Å². The van der Waals surface area contributed by atoms with E-state index in [2.05, 4.69) is 52.0 Å². The molecule has 1 unspecified atom stereocenters. The first-order valence-electron chi connectivity index (χ1n) is 13.6. The molecule has 0 aromatic rings. The molecule has 0 spiro atoms. The number of imide groups is 1. The maximum absolute atomic E-state index is 12.8. The van der Waals surface area contributed by atoms with E-state index in [-0.39, 0.29) is 17.0 Å². The molecule has 12 heteroatoms. The second-order valence-corrected chi connectivity index (χ2v) is 18.5. The van der Waals surface area contributed by atoms with Crippen molar-refractivity contribution in [2.24, 2.45) is 4.99 Å². The second kappa shape index (κ2) is 15.1. The van der Waals surface area contributed by atoms with Gasteiger partial charge >= 0.3 is 12.2 Å². The SMILES string of the molecule is C=C(/C=C(/Cl)N(C)C(C)N(C)C=NC(=C)N(C(=O)OC(C)(C)C)C(=O)OC(C)(C)C)OCCO[Si](C)(C)C(C)(C)C. The van der Waals surface area contributed by atoms with E-state index in [1.165, 1.54) is 6.34 Å². The first-order valence-corrected chi connectivity index (χ1v) is 16.8. The summed E-state index contributed by atoms with van der Waals surface area (Å²) in [7, 11) is 1.71. The summed E-state index contributed by atoms with van der Waals surface area (Å²) in [5, 5.41) is 0.508. The molecule has 0 heterocycles. The lowest BCUT2D eigenvalue weighted by Crippen LogP contribution is -2.43. The predicted molar refractivity (Wildman–Crippen MR) is 169 cm³/mol. The zero-order chi connectivity index (χ0) is 32.6. The number of carbonyl (C=O) groups is 2. The Labute approximate surface area is 254 Å². The molecule has 0 N–H and O–H groups in total. The number of aliphatic imine (C=N–C) groups is 1. The van der Waals surface area contributed by atoms with E-state index in [1.807, 2.05) is 6.92 Å². The molecule has 1 atom stereocenters.